The van der Waals surface area contributed by atoms with Gasteiger partial charge in [-0.2, -0.15) is 0 Å². The van der Waals surface area contributed by atoms with Crippen LogP contribution in [0.5, 0.6) is 0 Å². The lowest BCUT2D eigenvalue weighted by Gasteiger charge is -2.14. The van der Waals surface area contributed by atoms with Crippen molar-refractivity contribution in [3.8, 4) is 11.3 Å². The Morgan fingerprint density at radius 2 is 2.22 bits per heavy atom. The van der Waals surface area contributed by atoms with Crippen molar-refractivity contribution < 1.29 is 0 Å². The Morgan fingerprint density at radius 3 is 2.83 bits per heavy atom. The number of hydrogen-bond acceptors (Lipinski definition) is 3. The molecule has 1 atom stereocenters. The molecule has 0 amide bonds. The topological polar surface area (TPSA) is 42.7 Å². The van der Waals surface area contributed by atoms with Crippen LogP contribution in [0.1, 0.15) is 25.5 Å². The Balaban J connectivity index is 2.39. The summed E-state index contributed by atoms with van der Waals surface area (Å²) in [5.41, 5.74) is 3.39. The van der Waals surface area contributed by atoms with Crippen LogP contribution in [-0.2, 0) is 7.05 Å². The zero-order valence-electron chi connectivity index (χ0n) is 10.8. The van der Waals surface area contributed by atoms with Crippen LogP contribution in [0.4, 0.5) is 0 Å². The van der Waals surface area contributed by atoms with Gasteiger partial charge in [0.15, 0.2) is 4.60 Å². The van der Waals surface area contributed by atoms with Gasteiger partial charge in [0.05, 0.1) is 0 Å². The SMILES string of the molecule is CCNC(C)c1cccc(-c2c(Br)nnn2C)c1. The Morgan fingerprint density at radius 1 is 1.44 bits per heavy atom. The molecular formula is C13H17BrN4. The van der Waals surface area contributed by atoms with E-state index in [1.165, 1.54) is 5.56 Å². The third-order valence-electron chi connectivity index (χ3n) is 2.96. The quantitative estimate of drug-likeness (QED) is 0.944. The molecule has 0 aliphatic rings. The second-order valence-electron chi connectivity index (χ2n) is 4.26. The molecule has 1 unspecified atom stereocenters. The molecule has 0 saturated heterocycles. The first-order valence-electron chi connectivity index (χ1n) is 6.02. The van der Waals surface area contributed by atoms with E-state index in [4.69, 9.17) is 0 Å². The van der Waals surface area contributed by atoms with Crippen LogP contribution >= 0.6 is 15.9 Å². The van der Waals surface area contributed by atoms with Gasteiger partial charge in [-0.25, -0.2) is 4.68 Å². The average molecular weight is 309 g/mol. The zero-order chi connectivity index (χ0) is 13.1. The third-order valence-corrected chi connectivity index (χ3v) is 3.49. The molecule has 4 nitrogen and oxygen atoms in total. The average Bonchev–Trinajstić information content (AvgIpc) is 2.69. The minimum Gasteiger partial charge on any atom is -0.310 e. The van der Waals surface area contributed by atoms with Gasteiger partial charge in [-0.05, 0) is 41.0 Å². The van der Waals surface area contributed by atoms with Crippen LogP contribution in [0.3, 0.4) is 0 Å². The monoisotopic (exact) mass is 308 g/mol. The molecule has 0 saturated carbocycles. The molecule has 1 aromatic heterocycles. The zero-order valence-corrected chi connectivity index (χ0v) is 12.4. The van der Waals surface area contributed by atoms with Gasteiger partial charge in [-0.3, -0.25) is 0 Å². The molecule has 0 aliphatic carbocycles. The van der Waals surface area contributed by atoms with E-state index in [1.807, 2.05) is 7.05 Å². The van der Waals surface area contributed by atoms with E-state index in [2.05, 4.69) is 69.7 Å². The van der Waals surface area contributed by atoms with Gasteiger partial charge in [0, 0.05) is 18.7 Å². The molecular weight excluding hydrogens is 292 g/mol. The van der Waals surface area contributed by atoms with E-state index in [-0.39, 0.29) is 0 Å². The van der Waals surface area contributed by atoms with E-state index in [0.29, 0.717) is 6.04 Å². The van der Waals surface area contributed by atoms with Crippen molar-refractivity contribution in [2.24, 2.45) is 7.05 Å². The van der Waals surface area contributed by atoms with E-state index in [0.717, 1.165) is 22.4 Å². The van der Waals surface area contributed by atoms with Crippen molar-refractivity contribution in [3.05, 3.63) is 34.4 Å². The third kappa shape index (κ3) is 2.62. The fraction of sp³-hybridized carbons (Fsp3) is 0.385. The van der Waals surface area contributed by atoms with Crippen LogP contribution in [0.2, 0.25) is 0 Å². The van der Waals surface area contributed by atoms with Gasteiger partial charge in [-0.1, -0.05) is 30.3 Å². The summed E-state index contributed by atoms with van der Waals surface area (Å²) in [6.45, 7) is 5.24. The summed E-state index contributed by atoms with van der Waals surface area (Å²) < 4.78 is 2.56. The van der Waals surface area contributed by atoms with Crippen molar-refractivity contribution in [1.82, 2.24) is 20.3 Å². The first-order valence-corrected chi connectivity index (χ1v) is 6.81. The number of aryl methyl sites for hydroxylation is 1. The maximum absolute atomic E-state index is 4.02. The number of benzene rings is 1. The predicted octanol–water partition coefficient (Wildman–Crippen LogP) is 2.92. The fourth-order valence-corrected chi connectivity index (χ4v) is 2.57. The Hall–Kier alpha value is -1.20. The molecule has 0 radical (unpaired) electrons. The predicted molar refractivity (Wildman–Crippen MR) is 76.2 cm³/mol. The summed E-state index contributed by atoms with van der Waals surface area (Å²) in [5.74, 6) is 0. The molecule has 0 fully saturated rings. The van der Waals surface area contributed by atoms with Gasteiger partial charge in [0.1, 0.15) is 5.69 Å². The smallest absolute Gasteiger partial charge is 0.156 e. The fourth-order valence-electron chi connectivity index (χ4n) is 2.02. The lowest BCUT2D eigenvalue weighted by molar-refractivity contribution is 0.598. The first kappa shape index (κ1) is 13.2. The number of hydrogen-bond donors (Lipinski definition) is 1. The molecule has 0 aliphatic heterocycles. The van der Waals surface area contributed by atoms with Crippen LogP contribution in [0.15, 0.2) is 28.9 Å². The summed E-state index contributed by atoms with van der Waals surface area (Å²) in [6.07, 6.45) is 0. The van der Waals surface area contributed by atoms with Crippen LogP contribution in [0, 0.1) is 0 Å². The maximum atomic E-state index is 4.02. The molecule has 2 rings (SSSR count). The van der Waals surface area contributed by atoms with Crippen LogP contribution < -0.4 is 5.32 Å². The van der Waals surface area contributed by atoms with Crippen molar-refractivity contribution in [2.75, 3.05) is 6.54 Å². The molecule has 96 valence electrons. The second-order valence-corrected chi connectivity index (χ2v) is 5.01. The maximum Gasteiger partial charge on any atom is 0.156 e. The second kappa shape index (κ2) is 5.63. The molecule has 5 heteroatoms. The highest BCUT2D eigenvalue weighted by Crippen LogP contribution is 2.27. The Kier molecular flexibility index (Phi) is 4.14. The molecule has 1 N–H and O–H groups in total. The normalized spacial score (nSPS) is 12.7. The Labute approximate surface area is 116 Å². The number of aromatic nitrogens is 3. The molecule has 1 aromatic carbocycles. The first-order chi connectivity index (χ1) is 8.63. The van der Waals surface area contributed by atoms with Gasteiger partial charge in [-0.15, -0.1) is 5.10 Å². The molecule has 2 aromatic rings. The highest BCUT2D eigenvalue weighted by molar-refractivity contribution is 9.10. The summed E-state index contributed by atoms with van der Waals surface area (Å²) in [6, 6.07) is 8.80. The summed E-state index contributed by atoms with van der Waals surface area (Å²) in [4.78, 5) is 0. The minimum atomic E-state index is 0.343. The van der Waals surface area contributed by atoms with Gasteiger partial charge < -0.3 is 5.32 Å². The lowest BCUT2D eigenvalue weighted by Crippen LogP contribution is -2.17. The molecule has 1 heterocycles. The van der Waals surface area contributed by atoms with Crippen molar-refractivity contribution >= 4 is 15.9 Å². The minimum absolute atomic E-state index is 0.343. The molecule has 0 bridgehead atoms. The standard InChI is InChI=1S/C13H17BrN4/c1-4-15-9(2)10-6-5-7-11(8-10)12-13(14)16-17-18(12)3/h5-9,15H,4H2,1-3H3. The molecule has 0 spiro atoms. The van der Waals surface area contributed by atoms with Crippen molar-refractivity contribution in [2.45, 2.75) is 19.9 Å². The van der Waals surface area contributed by atoms with Gasteiger partial charge in [0.25, 0.3) is 0 Å². The van der Waals surface area contributed by atoms with Crippen LogP contribution in [0.25, 0.3) is 11.3 Å². The number of nitrogens with one attached hydrogen (secondary N) is 1. The Bertz CT molecular complexity index is 516. The molecule has 18 heavy (non-hydrogen) atoms. The highest BCUT2D eigenvalue weighted by Gasteiger charge is 2.12. The largest absolute Gasteiger partial charge is 0.310 e. The van der Waals surface area contributed by atoms with E-state index in [1.54, 1.807) is 4.68 Å². The lowest BCUT2D eigenvalue weighted by atomic mass is 10.0. The number of rotatable bonds is 4. The summed E-state index contributed by atoms with van der Waals surface area (Å²) in [7, 11) is 1.90. The van der Waals surface area contributed by atoms with Gasteiger partial charge >= 0.3 is 0 Å². The summed E-state index contributed by atoms with van der Waals surface area (Å²) >= 11 is 3.44. The van der Waals surface area contributed by atoms with Crippen molar-refractivity contribution in [1.29, 1.82) is 0 Å². The summed E-state index contributed by atoms with van der Waals surface area (Å²) in [5, 5.41) is 11.4. The van der Waals surface area contributed by atoms with Gasteiger partial charge in [0.2, 0.25) is 0 Å². The number of nitrogens with zero attached hydrogens (tertiary/aromatic N) is 3. The van der Waals surface area contributed by atoms with Crippen LogP contribution in [-0.4, -0.2) is 21.5 Å². The van der Waals surface area contributed by atoms with Crippen molar-refractivity contribution in [3.63, 3.8) is 0 Å². The highest BCUT2D eigenvalue weighted by atomic mass is 79.9. The van der Waals surface area contributed by atoms with E-state index >= 15 is 0 Å². The van der Waals surface area contributed by atoms with E-state index in [9.17, 15) is 0 Å². The van der Waals surface area contributed by atoms with E-state index < -0.39 is 0 Å². The number of halogens is 1.